The van der Waals surface area contributed by atoms with Gasteiger partial charge in [-0.2, -0.15) is 0 Å². The topological polar surface area (TPSA) is 35.5 Å². The summed E-state index contributed by atoms with van der Waals surface area (Å²) in [5, 5.41) is 0. The average Bonchev–Trinajstić information content (AvgIpc) is 2.39. The molecular weight excluding hydrogens is 344 g/mol. The van der Waals surface area contributed by atoms with Crippen molar-refractivity contribution in [1.29, 1.82) is 0 Å². The first-order chi connectivity index (χ1) is 11.1. The standard InChI is InChI=1S/C20H40O3Si2/c1-18(2,3)16-10-13-19(14-11-16,22-24(4,5)6)20(15-12-17(20)21)23-25(7,8)9/h16H,10-15H2,1-9H3. The van der Waals surface area contributed by atoms with E-state index < -0.39 is 27.8 Å². The van der Waals surface area contributed by atoms with Crippen LogP contribution in [-0.2, 0) is 13.6 Å². The van der Waals surface area contributed by atoms with Crippen LogP contribution in [0.15, 0.2) is 0 Å². The molecule has 0 spiro atoms. The predicted octanol–water partition coefficient (Wildman–Crippen LogP) is 5.77. The maximum absolute atomic E-state index is 12.9. The van der Waals surface area contributed by atoms with Crippen molar-refractivity contribution in [2.45, 2.75) is 110 Å². The highest BCUT2D eigenvalue weighted by Crippen LogP contribution is 2.55. The molecule has 0 heterocycles. The fourth-order valence-corrected chi connectivity index (χ4v) is 7.77. The lowest BCUT2D eigenvalue weighted by Gasteiger charge is -2.60. The lowest BCUT2D eigenvalue weighted by atomic mass is 9.58. The predicted molar refractivity (Wildman–Crippen MR) is 110 cm³/mol. The lowest BCUT2D eigenvalue weighted by molar-refractivity contribution is -0.194. The summed E-state index contributed by atoms with van der Waals surface area (Å²) in [5.74, 6) is 0.993. The Hall–Kier alpha value is 0.0238. The SMILES string of the molecule is CC(C)(C)C1CCC(O[Si](C)(C)C)(C2(O[Si](C)(C)C)CCC2=O)CC1. The summed E-state index contributed by atoms with van der Waals surface area (Å²) in [7, 11) is -3.65. The first kappa shape index (κ1) is 21.3. The third-order valence-corrected chi connectivity index (χ3v) is 7.85. The van der Waals surface area contributed by atoms with Crippen molar-refractivity contribution in [2.24, 2.45) is 11.3 Å². The minimum Gasteiger partial charge on any atom is -0.409 e. The minimum atomic E-state index is -1.85. The zero-order valence-electron chi connectivity index (χ0n) is 18.0. The fraction of sp³-hybridized carbons (Fsp3) is 0.950. The molecule has 0 aromatic carbocycles. The van der Waals surface area contributed by atoms with E-state index in [2.05, 4.69) is 60.1 Å². The summed E-state index contributed by atoms with van der Waals surface area (Å²) in [6.07, 6.45) is 5.71. The van der Waals surface area contributed by atoms with E-state index in [0.29, 0.717) is 23.5 Å². The molecule has 0 radical (unpaired) electrons. The first-order valence-electron chi connectivity index (χ1n) is 10.0. The van der Waals surface area contributed by atoms with Crippen molar-refractivity contribution in [2.75, 3.05) is 0 Å². The van der Waals surface area contributed by atoms with Crippen LogP contribution in [0.3, 0.4) is 0 Å². The number of rotatable bonds is 5. The van der Waals surface area contributed by atoms with Crippen molar-refractivity contribution >= 4 is 22.4 Å². The van der Waals surface area contributed by atoms with Gasteiger partial charge in [-0.25, -0.2) is 0 Å². The van der Waals surface area contributed by atoms with Crippen molar-refractivity contribution in [3.63, 3.8) is 0 Å². The molecule has 2 rings (SSSR count). The summed E-state index contributed by atoms with van der Waals surface area (Å²) >= 11 is 0. The second kappa shape index (κ2) is 6.57. The smallest absolute Gasteiger partial charge is 0.185 e. The van der Waals surface area contributed by atoms with Gasteiger partial charge < -0.3 is 8.85 Å². The fourth-order valence-electron chi connectivity index (χ4n) is 4.78. The number of hydrogen-bond acceptors (Lipinski definition) is 3. The molecule has 0 N–H and O–H groups in total. The van der Waals surface area contributed by atoms with E-state index in [1.807, 2.05) is 0 Å². The zero-order valence-corrected chi connectivity index (χ0v) is 20.0. The Morgan fingerprint density at radius 2 is 1.36 bits per heavy atom. The monoisotopic (exact) mass is 384 g/mol. The highest BCUT2D eigenvalue weighted by molar-refractivity contribution is 6.70. The van der Waals surface area contributed by atoms with Crippen LogP contribution in [0.4, 0.5) is 0 Å². The minimum absolute atomic E-state index is 0.294. The molecule has 0 amide bonds. The number of carbonyl (C=O) groups is 1. The van der Waals surface area contributed by atoms with E-state index in [1.165, 1.54) is 0 Å². The summed E-state index contributed by atoms with van der Waals surface area (Å²) in [4.78, 5) is 12.9. The average molecular weight is 385 g/mol. The quantitative estimate of drug-likeness (QED) is 0.565. The molecule has 2 saturated carbocycles. The second-order valence-electron chi connectivity index (χ2n) is 11.3. The van der Waals surface area contributed by atoms with Gasteiger partial charge in [-0.1, -0.05) is 20.8 Å². The molecule has 146 valence electrons. The van der Waals surface area contributed by atoms with Gasteiger partial charge in [0.05, 0.1) is 5.60 Å². The first-order valence-corrected chi connectivity index (χ1v) is 16.9. The van der Waals surface area contributed by atoms with E-state index in [4.69, 9.17) is 8.85 Å². The van der Waals surface area contributed by atoms with Gasteiger partial charge in [0.25, 0.3) is 0 Å². The largest absolute Gasteiger partial charge is 0.409 e. The molecule has 3 nitrogen and oxygen atoms in total. The molecule has 0 aromatic rings. The molecular formula is C20H40O3Si2. The summed E-state index contributed by atoms with van der Waals surface area (Å²) < 4.78 is 13.5. The molecule has 1 unspecified atom stereocenters. The van der Waals surface area contributed by atoms with Crippen LogP contribution in [0.1, 0.15) is 59.3 Å². The van der Waals surface area contributed by atoms with Crippen molar-refractivity contribution in [3.8, 4) is 0 Å². The molecule has 25 heavy (non-hydrogen) atoms. The van der Waals surface area contributed by atoms with Gasteiger partial charge in [0.1, 0.15) is 5.60 Å². The van der Waals surface area contributed by atoms with Gasteiger partial charge in [0.15, 0.2) is 22.4 Å². The van der Waals surface area contributed by atoms with Crippen LogP contribution in [0.2, 0.25) is 39.3 Å². The van der Waals surface area contributed by atoms with Crippen LogP contribution in [-0.4, -0.2) is 33.6 Å². The molecule has 1 atom stereocenters. The van der Waals surface area contributed by atoms with Crippen molar-refractivity contribution in [3.05, 3.63) is 0 Å². The van der Waals surface area contributed by atoms with E-state index in [1.54, 1.807) is 0 Å². The van der Waals surface area contributed by atoms with Gasteiger partial charge in [-0.3, -0.25) is 4.79 Å². The normalized spacial score (nSPS) is 34.8. The Morgan fingerprint density at radius 1 is 0.880 bits per heavy atom. The summed E-state index contributed by atoms with van der Waals surface area (Å²) in [5.41, 5.74) is -0.739. The van der Waals surface area contributed by atoms with Crippen molar-refractivity contribution in [1.82, 2.24) is 0 Å². The van der Waals surface area contributed by atoms with E-state index in [-0.39, 0.29) is 0 Å². The highest BCUT2D eigenvalue weighted by Gasteiger charge is 2.65. The lowest BCUT2D eigenvalue weighted by Crippen LogP contribution is -2.72. The molecule has 0 aliphatic heterocycles. The van der Waals surface area contributed by atoms with E-state index >= 15 is 0 Å². The summed E-state index contributed by atoms with van der Waals surface area (Å²) in [6.45, 7) is 20.4. The number of hydrogen-bond donors (Lipinski definition) is 0. The van der Waals surface area contributed by atoms with Gasteiger partial charge in [0.2, 0.25) is 0 Å². The maximum atomic E-state index is 12.9. The molecule has 0 saturated heterocycles. The van der Waals surface area contributed by atoms with Gasteiger partial charge in [-0.15, -0.1) is 0 Å². The molecule has 5 heteroatoms. The number of carbonyl (C=O) groups excluding carboxylic acids is 1. The number of ketones is 1. The Bertz CT molecular complexity index is 503. The molecule has 2 aliphatic carbocycles. The van der Waals surface area contributed by atoms with Crippen molar-refractivity contribution < 1.29 is 13.6 Å². The van der Waals surface area contributed by atoms with Crippen LogP contribution in [0.5, 0.6) is 0 Å². The van der Waals surface area contributed by atoms with Crippen LogP contribution in [0, 0.1) is 11.3 Å². The summed E-state index contributed by atoms with van der Waals surface area (Å²) in [6, 6.07) is 0. The van der Waals surface area contributed by atoms with E-state index in [9.17, 15) is 4.79 Å². The molecule has 0 bridgehead atoms. The molecule has 0 aromatic heterocycles. The van der Waals surface area contributed by atoms with Crippen LogP contribution < -0.4 is 0 Å². The Kier molecular flexibility index (Phi) is 5.60. The Balaban J connectivity index is 2.38. The third-order valence-electron chi connectivity index (χ3n) is 5.89. The highest BCUT2D eigenvalue weighted by atomic mass is 28.4. The van der Waals surface area contributed by atoms with Gasteiger partial charge >= 0.3 is 0 Å². The molecule has 2 aliphatic rings. The zero-order chi connectivity index (χ0) is 19.3. The van der Waals surface area contributed by atoms with Gasteiger partial charge in [-0.05, 0) is 82.7 Å². The number of Topliss-reactive ketones (excluding diaryl/α,β-unsaturated/α-hetero) is 1. The molecule has 2 fully saturated rings. The van der Waals surface area contributed by atoms with E-state index in [0.717, 1.165) is 32.1 Å². The van der Waals surface area contributed by atoms with Gasteiger partial charge in [0, 0.05) is 6.42 Å². The Morgan fingerprint density at radius 3 is 1.64 bits per heavy atom. The second-order valence-corrected chi connectivity index (χ2v) is 20.2. The maximum Gasteiger partial charge on any atom is 0.185 e. The van der Waals surface area contributed by atoms with Crippen LogP contribution in [0.25, 0.3) is 0 Å². The Labute approximate surface area is 157 Å². The van der Waals surface area contributed by atoms with Crippen LogP contribution >= 0.6 is 0 Å². The third kappa shape index (κ3) is 4.48.